The molecule has 0 radical (unpaired) electrons. The largest absolute Gasteiger partial charge is 0.486 e. The van der Waals surface area contributed by atoms with Crippen LogP contribution in [0, 0.1) is 18.7 Å². The molecular formula is C29H26F4O5. The molecule has 0 amide bonds. The second-order valence-corrected chi connectivity index (χ2v) is 8.98. The van der Waals surface area contributed by atoms with Crippen LogP contribution in [0.15, 0.2) is 48.5 Å². The summed E-state index contributed by atoms with van der Waals surface area (Å²) in [4.78, 5) is 11.2. The molecule has 38 heavy (non-hydrogen) atoms. The molecular weight excluding hydrogens is 504 g/mol. The Morgan fingerprint density at radius 2 is 1.76 bits per heavy atom. The summed E-state index contributed by atoms with van der Waals surface area (Å²) in [5.41, 5.74) is 1.72. The number of alkyl halides is 3. The third kappa shape index (κ3) is 5.83. The molecule has 3 aromatic rings. The van der Waals surface area contributed by atoms with Gasteiger partial charge in [-0.15, -0.1) is 0 Å². The smallest absolute Gasteiger partial charge is 0.416 e. The lowest BCUT2D eigenvalue weighted by atomic mass is 9.94. The summed E-state index contributed by atoms with van der Waals surface area (Å²) in [5, 5.41) is 18.3. The maximum Gasteiger partial charge on any atom is 0.416 e. The maximum atomic E-state index is 15.2. The first-order valence-corrected chi connectivity index (χ1v) is 12.0. The number of benzene rings is 3. The lowest BCUT2D eigenvalue weighted by Gasteiger charge is -2.20. The molecule has 0 bridgehead atoms. The average Bonchev–Trinajstić information content (AvgIpc) is 2.88. The number of aliphatic carboxylic acids is 1. The topological polar surface area (TPSA) is 76.0 Å². The van der Waals surface area contributed by atoms with E-state index in [4.69, 9.17) is 14.6 Å². The van der Waals surface area contributed by atoms with Gasteiger partial charge in [-0.25, -0.2) is 4.39 Å². The quantitative estimate of drug-likeness (QED) is 0.261. The van der Waals surface area contributed by atoms with Crippen molar-refractivity contribution in [1.29, 1.82) is 0 Å². The molecule has 0 aliphatic carbocycles. The van der Waals surface area contributed by atoms with Gasteiger partial charge in [-0.3, -0.25) is 4.79 Å². The van der Waals surface area contributed by atoms with Crippen LogP contribution in [0.2, 0.25) is 0 Å². The van der Waals surface area contributed by atoms with Crippen molar-refractivity contribution >= 4 is 18.1 Å². The third-order valence-corrected chi connectivity index (χ3v) is 6.53. The Balaban J connectivity index is 1.67. The monoisotopic (exact) mass is 530 g/mol. The molecule has 1 aliphatic heterocycles. The fourth-order valence-electron chi connectivity index (χ4n) is 4.39. The van der Waals surface area contributed by atoms with E-state index in [1.165, 1.54) is 24.3 Å². The number of aliphatic hydroxyl groups is 1. The Kier molecular flexibility index (Phi) is 8.06. The van der Waals surface area contributed by atoms with Gasteiger partial charge in [0.1, 0.15) is 13.2 Å². The molecule has 0 spiro atoms. The zero-order valence-corrected chi connectivity index (χ0v) is 20.5. The average molecular weight is 531 g/mol. The van der Waals surface area contributed by atoms with Crippen molar-refractivity contribution in [3.05, 3.63) is 82.2 Å². The van der Waals surface area contributed by atoms with E-state index in [2.05, 4.69) is 0 Å². The van der Waals surface area contributed by atoms with Gasteiger partial charge in [0.2, 0.25) is 0 Å². The molecule has 0 saturated carbocycles. The van der Waals surface area contributed by atoms with E-state index in [1.807, 2.05) is 0 Å². The minimum atomic E-state index is -4.60. The zero-order valence-electron chi connectivity index (χ0n) is 20.5. The highest BCUT2D eigenvalue weighted by Crippen LogP contribution is 2.40. The van der Waals surface area contributed by atoms with E-state index in [0.717, 1.165) is 6.07 Å². The molecule has 4 rings (SSSR count). The number of carboxylic acid groups (broad SMARTS) is 1. The number of rotatable bonds is 8. The van der Waals surface area contributed by atoms with Gasteiger partial charge in [0.25, 0.3) is 0 Å². The summed E-state index contributed by atoms with van der Waals surface area (Å²) < 4.78 is 67.3. The first-order chi connectivity index (χ1) is 18.1. The number of hydrogen-bond donors (Lipinski definition) is 2. The highest BCUT2D eigenvalue weighted by atomic mass is 19.4. The van der Waals surface area contributed by atoms with Crippen LogP contribution < -0.4 is 9.47 Å². The van der Waals surface area contributed by atoms with Crippen LogP contribution in [-0.2, 0) is 17.4 Å². The Hall–Kier alpha value is -3.85. The highest BCUT2D eigenvalue weighted by Gasteiger charge is 2.33. The van der Waals surface area contributed by atoms with Crippen LogP contribution >= 0.6 is 0 Å². The van der Waals surface area contributed by atoms with E-state index in [-0.39, 0.29) is 36.3 Å². The molecule has 1 atom stereocenters. The molecule has 200 valence electrons. The van der Waals surface area contributed by atoms with Crippen LogP contribution in [0.5, 0.6) is 11.5 Å². The van der Waals surface area contributed by atoms with E-state index < -0.39 is 36.1 Å². The molecule has 2 N–H and O–H groups in total. The fourth-order valence-corrected chi connectivity index (χ4v) is 4.39. The molecule has 9 heteroatoms. The molecule has 0 unspecified atom stereocenters. The number of aliphatic hydroxyl groups excluding tert-OH is 1. The molecule has 0 aromatic heterocycles. The normalized spacial score (nSPS) is 14.1. The number of halogens is 4. The van der Waals surface area contributed by atoms with E-state index in [1.54, 1.807) is 37.3 Å². The van der Waals surface area contributed by atoms with Gasteiger partial charge in [-0.05, 0) is 65.8 Å². The van der Waals surface area contributed by atoms with Gasteiger partial charge in [0, 0.05) is 5.56 Å². The highest BCUT2D eigenvalue weighted by molar-refractivity contribution is 5.79. The molecule has 1 heterocycles. The van der Waals surface area contributed by atoms with Crippen molar-refractivity contribution in [1.82, 2.24) is 0 Å². The third-order valence-electron chi connectivity index (χ3n) is 6.53. The Morgan fingerprint density at radius 3 is 2.47 bits per heavy atom. The first-order valence-electron chi connectivity index (χ1n) is 12.0. The molecule has 5 nitrogen and oxygen atoms in total. The van der Waals surface area contributed by atoms with Crippen molar-refractivity contribution in [3.63, 3.8) is 0 Å². The summed E-state index contributed by atoms with van der Waals surface area (Å²) in [5.74, 6) is -2.38. The van der Waals surface area contributed by atoms with Gasteiger partial charge in [-0.2, -0.15) is 13.2 Å². The van der Waals surface area contributed by atoms with E-state index in [0.29, 0.717) is 34.6 Å². The number of fused-ring (bicyclic) bond motifs is 1. The summed E-state index contributed by atoms with van der Waals surface area (Å²) in [6.45, 7) is 1.76. The number of carbonyl (C=O) groups is 1. The minimum absolute atomic E-state index is 0.0343. The van der Waals surface area contributed by atoms with Crippen molar-refractivity contribution in [3.8, 4) is 22.6 Å². The zero-order chi connectivity index (χ0) is 27.4. The molecule has 3 aromatic carbocycles. The Bertz CT molecular complexity index is 1360. The van der Waals surface area contributed by atoms with Crippen LogP contribution in [0.3, 0.4) is 0 Å². The molecule has 0 saturated heterocycles. The van der Waals surface area contributed by atoms with Crippen molar-refractivity contribution in [2.24, 2.45) is 5.92 Å². The first kappa shape index (κ1) is 27.2. The summed E-state index contributed by atoms with van der Waals surface area (Å²) in [6, 6.07) is 12.0. The van der Waals surface area contributed by atoms with Gasteiger partial charge >= 0.3 is 12.1 Å². The van der Waals surface area contributed by atoms with Gasteiger partial charge in [-0.1, -0.05) is 42.5 Å². The molecule has 1 aliphatic rings. The van der Waals surface area contributed by atoms with E-state index in [9.17, 15) is 23.1 Å². The van der Waals surface area contributed by atoms with Crippen molar-refractivity contribution in [2.45, 2.75) is 25.9 Å². The van der Waals surface area contributed by atoms with E-state index >= 15 is 4.39 Å². The lowest BCUT2D eigenvalue weighted by Crippen LogP contribution is -2.18. The van der Waals surface area contributed by atoms with Crippen LogP contribution in [0.25, 0.3) is 23.3 Å². The predicted octanol–water partition coefficient (Wildman–Crippen LogP) is 6.39. The van der Waals surface area contributed by atoms with Crippen LogP contribution in [0.4, 0.5) is 17.6 Å². The van der Waals surface area contributed by atoms with Gasteiger partial charge in [0.15, 0.2) is 17.3 Å². The van der Waals surface area contributed by atoms with Crippen LogP contribution in [0.1, 0.15) is 34.2 Å². The summed E-state index contributed by atoms with van der Waals surface area (Å²) >= 11 is 0. The number of hydrogen-bond acceptors (Lipinski definition) is 4. The Morgan fingerprint density at radius 1 is 1.03 bits per heavy atom. The summed E-state index contributed by atoms with van der Waals surface area (Å²) in [6.07, 6.45) is -1.44. The van der Waals surface area contributed by atoms with Crippen molar-refractivity contribution in [2.75, 3.05) is 19.8 Å². The second-order valence-electron chi connectivity index (χ2n) is 8.98. The standard InChI is InChI=1S/C29H26F4O5/c1-17-19(3-2-4-22(17)23-10-12-25-27(26(23)30)38-14-13-37-25)8-9-20-15-18(5-7-21(16-34)28(35)36)6-11-24(20)29(31,32)33/h2-4,6,8-12,15,21,34H,5,7,13-14,16H2,1H3,(H,35,36)/b9-8+/t21-/m0/s1. The molecule has 0 fully saturated rings. The summed E-state index contributed by atoms with van der Waals surface area (Å²) in [7, 11) is 0. The number of aryl methyl sites for hydroxylation is 1. The second kappa shape index (κ2) is 11.3. The van der Waals surface area contributed by atoms with Crippen LogP contribution in [-0.4, -0.2) is 36.0 Å². The maximum absolute atomic E-state index is 15.2. The number of ether oxygens (including phenoxy) is 2. The van der Waals surface area contributed by atoms with Crippen molar-refractivity contribution < 1.29 is 42.0 Å². The predicted molar refractivity (Wildman–Crippen MR) is 134 cm³/mol. The van der Waals surface area contributed by atoms with Gasteiger partial charge < -0.3 is 19.7 Å². The SMILES string of the molecule is Cc1c(/C=C/c2cc(CC[C@@H](CO)C(=O)O)ccc2C(F)(F)F)cccc1-c1ccc2c(c1F)OCCO2. The lowest BCUT2D eigenvalue weighted by molar-refractivity contribution is -0.143. The Labute approximate surface area is 217 Å². The fraction of sp³-hybridized carbons (Fsp3) is 0.276. The van der Waals surface area contributed by atoms with Gasteiger partial charge in [0.05, 0.1) is 18.1 Å². The number of carboxylic acids is 1. The minimum Gasteiger partial charge on any atom is -0.486 e.